The monoisotopic (exact) mass is 261 g/mol. The van der Waals surface area contributed by atoms with E-state index in [4.69, 9.17) is 10.4 Å². The molecule has 0 aliphatic heterocycles. The van der Waals surface area contributed by atoms with Crippen LogP contribution in [0.2, 0.25) is 0 Å². The highest BCUT2D eigenvalue weighted by Crippen LogP contribution is 2.07. The minimum atomic E-state index is -0.838. The predicted molar refractivity (Wildman–Crippen MR) is 72.6 cm³/mol. The van der Waals surface area contributed by atoms with Gasteiger partial charge in [-0.2, -0.15) is 5.26 Å². The summed E-state index contributed by atoms with van der Waals surface area (Å²) in [4.78, 5) is 14.7. The van der Waals surface area contributed by atoms with E-state index in [1.807, 2.05) is 36.0 Å². The zero-order valence-corrected chi connectivity index (χ0v) is 11.3. The molecule has 0 saturated heterocycles. The van der Waals surface area contributed by atoms with Gasteiger partial charge in [-0.25, -0.2) is 0 Å². The van der Waals surface area contributed by atoms with E-state index in [1.165, 1.54) is 0 Å². The fourth-order valence-electron chi connectivity index (χ4n) is 1.74. The van der Waals surface area contributed by atoms with Crippen molar-refractivity contribution < 1.29 is 9.90 Å². The van der Waals surface area contributed by atoms with E-state index in [-0.39, 0.29) is 6.54 Å². The molecule has 102 valence electrons. The lowest BCUT2D eigenvalue weighted by Crippen LogP contribution is -2.35. The average Bonchev–Trinajstić information content (AvgIpc) is 2.35. The Kier molecular flexibility index (Phi) is 6.00. The summed E-state index contributed by atoms with van der Waals surface area (Å²) in [7, 11) is 3.91. The number of hydrogen-bond donors (Lipinski definition) is 1. The Balaban J connectivity index is 2.69. The van der Waals surface area contributed by atoms with Crippen LogP contribution >= 0.6 is 0 Å². The summed E-state index contributed by atoms with van der Waals surface area (Å²) < 4.78 is 0. The number of carboxylic acids is 1. The fourth-order valence-corrected chi connectivity index (χ4v) is 1.74. The topological polar surface area (TPSA) is 67.6 Å². The second kappa shape index (κ2) is 7.52. The van der Waals surface area contributed by atoms with Crippen LogP contribution in [0.15, 0.2) is 24.3 Å². The maximum absolute atomic E-state index is 10.9. The maximum atomic E-state index is 10.9. The maximum Gasteiger partial charge on any atom is 0.317 e. The number of benzene rings is 1. The van der Waals surface area contributed by atoms with E-state index >= 15 is 0 Å². The molecule has 0 fully saturated rings. The number of carboxylic acid groups (broad SMARTS) is 1. The number of nitriles is 1. The molecule has 1 aromatic rings. The first-order valence-corrected chi connectivity index (χ1v) is 6.09. The summed E-state index contributed by atoms with van der Waals surface area (Å²) in [6, 6.07) is 9.35. The van der Waals surface area contributed by atoms with E-state index < -0.39 is 5.97 Å². The molecule has 0 amide bonds. The van der Waals surface area contributed by atoms with Crippen LogP contribution in [0.25, 0.3) is 0 Å². The number of aliphatic carboxylic acids is 1. The second-order valence-corrected chi connectivity index (χ2v) is 4.72. The second-order valence-electron chi connectivity index (χ2n) is 4.72. The van der Waals surface area contributed by atoms with Crippen LogP contribution in [0.5, 0.6) is 0 Å². The van der Waals surface area contributed by atoms with Gasteiger partial charge >= 0.3 is 5.97 Å². The lowest BCUT2D eigenvalue weighted by molar-refractivity contribution is -0.138. The van der Waals surface area contributed by atoms with Gasteiger partial charge in [0, 0.05) is 19.6 Å². The third-order valence-electron chi connectivity index (χ3n) is 2.68. The van der Waals surface area contributed by atoms with Gasteiger partial charge in [-0.1, -0.05) is 12.1 Å². The molecule has 0 heterocycles. The Hall–Kier alpha value is -1.90. The lowest BCUT2D eigenvalue weighted by Gasteiger charge is -2.22. The van der Waals surface area contributed by atoms with Gasteiger partial charge in [0.05, 0.1) is 18.2 Å². The Morgan fingerprint density at radius 1 is 1.37 bits per heavy atom. The zero-order chi connectivity index (χ0) is 14.3. The third kappa shape index (κ3) is 6.00. The molecule has 0 radical (unpaired) electrons. The molecule has 0 atom stereocenters. The van der Waals surface area contributed by atoms with Crippen molar-refractivity contribution in [2.24, 2.45) is 0 Å². The highest BCUT2D eigenvalue weighted by molar-refractivity contribution is 5.69. The lowest BCUT2D eigenvalue weighted by atomic mass is 10.1. The van der Waals surface area contributed by atoms with Gasteiger partial charge in [0.1, 0.15) is 0 Å². The molecule has 0 bridgehead atoms. The van der Waals surface area contributed by atoms with Crippen molar-refractivity contribution in [1.29, 1.82) is 5.26 Å². The van der Waals surface area contributed by atoms with Gasteiger partial charge in [0.25, 0.3) is 0 Å². The normalized spacial score (nSPS) is 10.7. The molecule has 0 saturated carbocycles. The predicted octanol–water partition coefficient (Wildman–Crippen LogP) is 1.01. The largest absolute Gasteiger partial charge is 0.480 e. The highest BCUT2D eigenvalue weighted by atomic mass is 16.4. The molecule has 19 heavy (non-hydrogen) atoms. The van der Waals surface area contributed by atoms with Crippen LogP contribution in [0, 0.1) is 11.3 Å². The molecular weight excluding hydrogens is 242 g/mol. The molecule has 5 nitrogen and oxygen atoms in total. The highest BCUT2D eigenvalue weighted by Gasteiger charge is 2.10. The summed E-state index contributed by atoms with van der Waals surface area (Å²) in [5.74, 6) is -0.838. The van der Waals surface area contributed by atoms with Crippen LogP contribution in [-0.4, -0.2) is 54.6 Å². The smallest absolute Gasteiger partial charge is 0.317 e. The zero-order valence-electron chi connectivity index (χ0n) is 11.3. The van der Waals surface area contributed by atoms with Crippen LogP contribution in [0.1, 0.15) is 11.1 Å². The van der Waals surface area contributed by atoms with Gasteiger partial charge in [0.15, 0.2) is 0 Å². The molecule has 5 heteroatoms. The summed E-state index contributed by atoms with van der Waals surface area (Å²) in [5.41, 5.74) is 1.56. The Morgan fingerprint density at radius 2 is 2.11 bits per heavy atom. The van der Waals surface area contributed by atoms with Crippen molar-refractivity contribution in [2.75, 3.05) is 33.7 Å². The van der Waals surface area contributed by atoms with Crippen LogP contribution < -0.4 is 0 Å². The summed E-state index contributed by atoms with van der Waals surface area (Å²) >= 11 is 0. The van der Waals surface area contributed by atoms with Crippen molar-refractivity contribution in [1.82, 2.24) is 9.80 Å². The quantitative estimate of drug-likeness (QED) is 0.793. The van der Waals surface area contributed by atoms with Crippen molar-refractivity contribution in [3.8, 4) is 6.07 Å². The minimum absolute atomic E-state index is 0.00458. The molecule has 1 rings (SSSR count). The number of hydrogen-bond acceptors (Lipinski definition) is 4. The first-order valence-electron chi connectivity index (χ1n) is 6.09. The summed E-state index contributed by atoms with van der Waals surface area (Å²) in [6.45, 7) is 2.02. The fraction of sp³-hybridized carbons (Fsp3) is 0.429. The van der Waals surface area contributed by atoms with E-state index in [0.29, 0.717) is 18.7 Å². The average molecular weight is 261 g/mol. The number of nitrogens with zero attached hydrogens (tertiary/aromatic N) is 3. The molecule has 0 aliphatic carbocycles. The minimum Gasteiger partial charge on any atom is -0.480 e. The van der Waals surface area contributed by atoms with Gasteiger partial charge < -0.3 is 10.0 Å². The van der Waals surface area contributed by atoms with Crippen LogP contribution in [0.4, 0.5) is 0 Å². The number of carbonyl (C=O) groups is 1. The van der Waals surface area contributed by atoms with Gasteiger partial charge in [-0.15, -0.1) is 0 Å². The van der Waals surface area contributed by atoms with E-state index in [0.717, 1.165) is 12.1 Å². The summed E-state index contributed by atoms with van der Waals surface area (Å²) in [6.07, 6.45) is 0. The third-order valence-corrected chi connectivity index (χ3v) is 2.68. The Labute approximate surface area is 113 Å². The van der Waals surface area contributed by atoms with Crippen LogP contribution in [-0.2, 0) is 11.3 Å². The first kappa shape index (κ1) is 15.2. The molecule has 0 aliphatic rings. The van der Waals surface area contributed by atoms with Crippen molar-refractivity contribution in [3.63, 3.8) is 0 Å². The Morgan fingerprint density at radius 3 is 2.68 bits per heavy atom. The van der Waals surface area contributed by atoms with Crippen molar-refractivity contribution >= 4 is 5.97 Å². The standard InChI is InChI=1S/C14H19N3O2/c1-16(2)6-7-17(11-14(18)19)10-13-5-3-4-12(8-13)9-15/h3-5,8H,6-7,10-11H2,1-2H3,(H,18,19). The van der Waals surface area contributed by atoms with Crippen molar-refractivity contribution in [2.45, 2.75) is 6.54 Å². The summed E-state index contributed by atoms with van der Waals surface area (Å²) in [5, 5.41) is 17.8. The van der Waals surface area contributed by atoms with E-state index in [2.05, 4.69) is 6.07 Å². The van der Waals surface area contributed by atoms with Gasteiger partial charge in [0.2, 0.25) is 0 Å². The number of rotatable bonds is 7. The first-order chi connectivity index (χ1) is 9.01. The van der Waals surface area contributed by atoms with E-state index in [1.54, 1.807) is 12.1 Å². The SMILES string of the molecule is CN(C)CCN(CC(=O)O)Cc1cccc(C#N)c1. The number of likely N-dealkylation sites (N-methyl/N-ethyl adjacent to an activating group) is 1. The van der Waals surface area contributed by atoms with Gasteiger partial charge in [-0.05, 0) is 31.8 Å². The van der Waals surface area contributed by atoms with Gasteiger partial charge in [-0.3, -0.25) is 9.69 Å². The molecule has 1 aromatic carbocycles. The van der Waals surface area contributed by atoms with Crippen LogP contribution in [0.3, 0.4) is 0 Å². The molecule has 0 unspecified atom stereocenters. The molecule has 0 aromatic heterocycles. The van der Waals surface area contributed by atoms with E-state index in [9.17, 15) is 4.79 Å². The molecular formula is C14H19N3O2. The molecule has 0 spiro atoms. The Bertz CT molecular complexity index is 466. The molecule has 1 N–H and O–H groups in total. The van der Waals surface area contributed by atoms with Crippen molar-refractivity contribution in [3.05, 3.63) is 35.4 Å².